The molecule has 0 N–H and O–H groups in total. The Balaban J connectivity index is 3.08. The van der Waals surface area contributed by atoms with Gasteiger partial charge in [-0.3, -0.25) is 0 Å². The molecule has 0 atom stereocenters. The molecule has 1 rings (SSSR count). The normalized spacial score (nSPS) is 13.6. The smallest absolute Gasteiger partial charge is 0.231 e. The second-order valence-electron chi connectivity index (χ2n) is 2.37. The van der Waals surface area contributed by atoms with Crippen molar-refractivity contribution in [2.24, 2.45) is 0 Å². The van der Waals surface area contributed by atoms with Crippen LogP contribution in [0.15, 0.2) is 12.4 Å². The highest BCUT2D eigenvalue weighted by Gasteiger charge is 2.58. The summed E-state index contributed by atoms with van der Waals surface area (Å²) in [5, 5.41) is 5.56. The van der Waals surface area contributed by atoms with E-state index in [0.29, 0.717) is 6.20 Å². The highest BCUT2D eigenvalue weighted by molar-refractivity contribution is 4.83. The number of aromatic nitrogens is 3. The van der Waals surface area contributed by atoms with Gasteiger partial charge in [-0.2, -0.15) is 26.3 Å². The summed E-state index contributed by atoms with van der Waals surface area (Å²) in [7, 11) is 0. The monoisotopic (exact) mass is 219 g/mol. The Morgan fingerprint density at radius 1 is 1.00 bits per heavy atom. The van der Waals surface area contributed by atoms with Crippen LogP contribution in [-0.4, -0.2) is 27.3 Å². The second-order valence-corrected chi connectivity index (χ2v) is 2.37. The van der Waals surface area contributed by atoms with Crippen LogP contribution < -0.4 is 0 Å². The maximum atomic E-state index is 12.0. The molecule has 0 aliphatic rings. The lowest BCUT2D eigenvalue weighted by Gasteiger charge is -2.22. The molecular formula is C5H3F6N3. The van der Waals surface area contributed by atoms with E-state index in [1.165, 1.54) is 0 Å². The van der Waals surface area contributed by atoms with E-state index in [1.54, 1.807) is 0 Å². The molecule has 0 bridgehead atoms. The first-order chi connectivity index (χ1) is 6.23. The van der Waals surface area contributed by atoms with Crippen LogP contribution in [0.2, 0.25) is 0 Å². The van der Waals surface area contributed by atoms with Crippen molar-refractivity contribution in [1.82, 2.24) is 15.0 Å². The van der Waals surface area contributed by atoms with E-state index in [2.05, 4.69) is 10.3 Å². The Labute approximate surface area is 73.3 Å². The van der Waals surface area contributed by atoms with E-state index < -0.39 is 18.4 Å². The molecule has 0 radical (unpaired) electrons. The van der Waals surface area contributed by atoms with Crippen LogP contribution in [0.4, 0.5) is 26.3 Å². The molecule has 0 aromatic carbocycles. The molecule has 80 valence electrons. The van der Waals surface area contributed by atoms with Gasteiger partial charge in [0.25, 0.3) is 0 Å². The van der Waals surface area contributed by atoms with Gasteiger partial charge in [-0.25, -0.2) is 4.68 Å². The number of hydrogen-bond acceptors (Lipinski definition) is 2. The fraction of sp³-hybridized carbons (Fsp3) is 0.600. The van der Waals surface area contributed by atoms with Gasteiger partial charge in [0.15, 0.2) is 0 Å². The molecular weight excluding hydrogens is 216 g/mol. The van der Waals surface area contributed by atoms with Gasteiger partial charge in [-0.15, -0.1) is 5.10 Å². The van der Waals surface area contributed by atoms with Gasteiger partial charge < -0.3 is 0 Å². The zero-order valence-corrected chi connectivity index (χ0v) is 6.34. The molecule has 0 saturated heterocycles. The lowest BCUT2D eigenvalue weighted by atomic mass is 10.3. The first-order valence-electron chi connectivity index (χ1n) is 3.22. The minimum absolute atomic E-state index is 0.278. The molecule has 1 aromatic heterocycles. The lowest BCUT2D eigenvalue weighted by molar-refractivity contribution is -0.277. The zero-order chi connectivity index (χ0) is 11.0. The number of rotatable bonds is 1. The van der Waals surface area contributed by atoms with Crippen molar-refractivity contribution in [3.8, 4) is 0 Å². The van der Waals surface area contributed by atoms with E-state index >= 15 is 0 Å². The molecule has 1 heterocycles. The summed E-state index contributed by atoms with van der Waals surface area (Å²) in [5.41, 5.74) is 0. The van der Waals surface area contributed by atoms with Crippen molar-refractivity contribution in [1.29, 1.82) is 0 Å². The van der Waals surface area contributed by atoms with Crippen molar-refractivity contribution in [2.45, 2.75) is 18.4 Å². The van der Waals surface area contributed by atoms with Gasteiger partial charge in [0.2, 0.25) is 6.04 Å². The molecule has 0 aliphatic heterocycles. The minimum Gasteiger partial charge on any atom is -0.231 e. The quantitative estimate of drug-likeness (QED) is 0.675. The van der Waals surface area contributed by atoms with Crippen molar-refractivity contribution in [2.75, 3.05) is 0 Å². The maximum Gasteiger partial charge on any atom is 0.419 e. The molecule has 0 unspecified atom stereocenters. The molecule has 0 fully saturated rings. The molecule has 0 aliphatic carbocycles. The van der Waals surface area contributed by atoms with Gasteiger partial charge >= 0.3 is 12.4 Å². The van der Waals surface area contributed by atoms with Gasteiger partial charge in [-0.05, 0) is 0 Å². The predicted molar refractivity (Wildman–Crippen MR) is 31.2 cm³/mol. The molecule has 14 heavy (non-hydrogen) atoms. The summed E-state index contributed by atoms with van der Waals surface area (Å²) in [6.07, 6.45) is -9.63. The first kappa shape index (κ1) is 10.8. The van der Waals surface area contributed by atoms with Crippen molar-refractivity contribution in [3.63, 3.8) is 0 Å². The summed E-state index contributed by atoms with van der Waals surface area (Å²) in [4.78, 5) is 0. The fourth-order valence-corrected chi connectivity index (χ4v) is 0.841. The van der Waals surface area contributed by atoms with E-state index in [4.69, 9.17) is 0 Å². The Bertz CT molecular complexity index is 271. The average Bonchev–Trinajstić information content (AvgIpc) is 2.31. The lowest BCUT2D eigenvalue weighted by Crippen LogP contribution is -2.39. The highest BCUT2D eigenvalue weighted by Crippen LogP contribution is 2.42. The summed E-state index contributed by atoms with van der Waals surface area (Å²) < 4.78 is 71.5. The Hall–Kier alpha value is -1.28. The summed E-state index contributed by atoms with van der Waals surface area (Å²) in [6, 6.07) is -3.64. The third-order valence-corrected chi connectivity index (χ3v) is 1.33. The molecule has 9 heteroatoms. The van der Waals surface area contributed by atoms with Crippen molar-refractivity contribution in [3.05, 3.63) is 12.4 Å². The fourth-order valence-electron chi connectivity index (χ4n) is 0.841. The third kappa shape index (κ3) is 2.15. The molecule has 1 aromatic rings. The molecule has 0 saturated carbocycles. The number of halogens is 6. The molecule has 0 spiro atoms. The van der Waals surface area contributed by atoms with E-state index in [-0.39, 0.29) is 4.68 Å². The van der Waals surface area contributed by atoms with Crippen LogP contribution in [-0.2, 0) is 0 Å². The Morgan fingerprint density at radius 2 is 1.50 bits per heavy atom. The molecule has 0 amide bonds. The van der Waals surface area contributed by atoms with Gasteiger partial charge in [0, 0.05) is 6.20 Å². The van der Waals surface area contributed by atoms with Crippen molar-refractivity contribution >= 4 is 0 Å². The van der Waals surface area contributed by atoms with Crippen LogP contribution in [0.1, 0.15) is 6.04 Å². The largest absolute Gasteiger partial charge is 0.419 e. The first-order valence-corrected chi connectivity index (χ1v) is 3.22. The number of alkyl halides is 6. The van der Waals surface area contributed by atoms with Gasteiger partial charge in [0.1, 0.15) is 0 Å². The van der Waals surface area contributed by atoms with Crippen LogP contribution in [0.5, 0.6) is 0 Å². The Kier molecular flexibility index (Phi) is 2.42. The average molecular weight is 219 g/mol. The topological polar surface area (TPSA) is 30.7 Å². The van der Waals surface area contributed by atoms with Crippen molar-refractivity contribution < 1.29 is 26.3 Å². The van der Waals surface area contributed by atoms with Crippen LogP contribution >= 0.6 is 0 Å². The summed E-state index contributed by atoms with van der Waals surface area (Å²) in [5.74, 6) is 0. The van der Waals surface area contributed by atoms with Crippen LogP contribution in [0, 0.1) is 0 Å². The van der Waals surface area contributed by atoms with Gasteiger partial charge in [-0.1, -0.05) is 5.21 Å². The maximum absolute atomic E-state index is 12.0. The number of hydrogen-bond donors (Lipinski definition) is 0. The zero-order valence-electron chi connectivity index (χ0n) is 6.34. The van der Waals surface area contributed by atoms with Crippen LogP contribution in [0.25, 0.3) is 0 Å². The van der Waals surface area contributed by atoms with E-state index in [9.17, 15) is 26.3 Å². The Morgan fingerprint density at radius 3 is 1.79 bits per heavy atom. The third-order valence-electron chi connectivity index (χ3n) is 1.33. The summed E-state index contributed by atoms with van der Waals surface area (Å²) in [6.45, 7) is 0. The van der Waals surface area contributed by atoms with E-state index in [1.807, 2.05) is 0 Å². The predicted octanol–water partition coefficient (Wildman–Crippen LogP) is 1.94. The van der Waals surface area contributed by atoms with Crippen LogP contribution in [0.3, 0.4) is 0 Å². The second kappa shape index (κ2) is 3.14. The SMILES string of the molecule is FC(F)(F)C(n1ccnn1)C(F)(F)F. The summed E-state index contributed by atoms with van der Waals surface area (Å²) >= 11 is 0. The minimum atomic E-state index is -5.44. The van der Waals surface area contributed by atoms with Gasteiger partial charge in [0.05, 0.1) is 6.20 Å². The highest BCUT2D eigenvalue weighted by atomic mass is 19.4. The standard InChI is InChI=1S/C5H3F6N3/c6-4(7,8)3(5(9,10)11)14-2-1-12-13-14/h1-3H. The number of nitrogens with zero attached hydrogens (tertiary/aromatic N) is 3. The molecule has 3 nitrogen and oxygen atoms in total. The van der Waals surface area contributed by atoms with E-state index in [0.717, 1.165) is 6.20 Å².